The van der Waals surface area contributed by atoms with Crippen LogP contribution in [0.2, 0.25) is 0 Å². The van der Waals surface area contributed by atoms with Crippen molar-refractivity contribution in [1.82, 2.24) is 14.8 Å². The van der Waals surface area contributed by atoms with Gasteiger partial charge in [-0.3, -0.25) is 14.7 Å². The van der Waals surface area contributed by atoms with E-state index in [2.05, 4.69) is 22.9 Å². The maximum atomic E-state index is 12.2. The molecule has 2 N–H and O–H groups in total. The van der Waals surface area contributed by atoms with Gasteiger partial charge < -0.3 is 10.6 Å². The van der Waals surface area contributed by atoms with Gasteiger partial charge in [0, 0.05) is 44.6 Å². The Morgan fingerprint density at radius 3 is 2.60 bits per heavy atom. The summed E-state index contributed by atoms with van der Waals surface area (Å²) in [5, 5.41) is 0. The molecule has 1 amide bonds. The molecule has 0 bridgehead atoms. The molecule has 2 aliphatic rings. The van der Waals surface area contributed by atoms with E-state index in [1.54, 1.807) is 6.20 Å². The van der Waals surface area contributed by atoms with Gasteiger partial charge in [0.25, 0.3) is 0 Å². The Bertz CT molecular complexity index is 478. The standard InChI is InChI=1S/C15H22N4O/c1-12(13-3-2-6-17-11-13)18-7-9-19(10-8-18)14(20)15(16)4-5-15/h2-3,6,11-12H,4-5,7-10,16H2,1H3. The molecule has 1 aromatic heterocycles. The van der Waals surface area contributed by atoms with Crippen LogP contribution in [0.5, 0.6) is 0 Å². The largest absolute Gasteiger partial charge is 0.339 e. The number of hydrogen-bond donors (Lipinski definition) is 1. The summed E-state index contributed by atoms with van der Waals surface area (Å²) >= 11 is 0. The minimum absolute atomic E-state index is 0.145. The highest BCUT2D eigenvalue weighted by Crippen LogP contribution is 2.34. The zero-order valence-corrected chi connectivity index (χ0v) is 12.0. The van der Waals surface area contributed by atoms with Gasteiger partial charge in [-0.1, -0.05) is 6.07 Å². The molecule has 0 spiro atoms. The van der Waals surface area contributed by atoms with E-state index in [-0.39, 0.29) is 5.91 Å². The highest BCUT2D eigenvalue weighted by atomic mass is 16.2. The van der Waals surface area contributed by atoms with Gasteiger partial charge in [-0.15, -0.1) is 0 Å². The fourth-order valence-corrected chi connectivity index (χ4v) is 2.81. The topological polar surface area (TPSA) is 62.5 Å². The Kier molecular flexibility index (Phi) is 3.48. The van der Waals surface area contributed by atoms with Crippen LogP contribution in [0.4, 0.5) is 0 Å². The van der Waals surface area contributed by atoms with Gasteiger partial charge in [0.2, 0.25) is 5.91 Å². The predicted molar refractivity (Wildman–Crippen MR) is 77.0 cm³/mol. The third-order valence-corrected chi connectivity index (χ3v) is 4.53. The van der Waals surface area contributed by atoms with Crippen molar-refractivity contribution in [2.75, 3.05) is 26.2 Å². The smallest absolute Gasteiger partial charge is 0.242 e. The van der Waals surface area contributed by atoms with Crippen molar-refractivity contribution >= 4 is 5.91 Å². The lowest BCUT2D eigenvalue weighted by molar-refractivity contribution is -0.135. The number of carbonyl (C=O) groups excluding carboxylic acids is 1. The molecule has 0 aromatic carbocycles. The molecule has 3 rings (SSSR count). The van der Waals surface area contributed by atoms with Gasteiger partial charge in [-0.25, -0.2) is 0 Å². The lowest BCUT2D eigenvalue weighted by atomic mass is 10.1. The van der Waals surface area contributed by atoms with E-state index in [4.69, 9.17) is 5.73 Å². The maximum absolute atomic E-state index is 12.2. The summed E-state index contributed by atoms with van der Waals surface area (Å²) in [5.74, 6) is 0.145. The first-order valence-electron chi connectivity index (χ1n) is 7.32. The van der Waals surface area contributed by atoms with E-state index in [1.807, 2.05) is 17.2 Å². The van der Waals surface area contributed by atoms with Gasteiger partial charge in [0.15, 0.2) is 0 Å². The first kappa shape index (κ1) is 13.5. The lowest BCUT2D eigenvalue weighted by Crippen LogP contribution is -2.54. The molecule has 0 radical (unpaired) electrons. The molecular formula is C15H22N4O. The molecule has 108 valence electrons. The average molecular weight is 274 g/mol. The molecular weight excluding hydrogens is 252 g/mol. The quantitative estimate of drug-likeness (QED) is 0.884. The third kappa shape index (κ3) is 2.55. The monoisotopic (exact) mass is 274 g/mol. The Morgan fingerprint density at radius 1 is 1.35 bits per heavy atom. The molecule has 5 nitrogen and oxygen atoms in total. The number of aromatic nitrogens is 1. The van der Waals surface area contributed by atoms with Crippen LogP contribution in [-0.2, 0) is 4.79 Å². The van der Waals surface area contributed by atoms with E-state index in [0.29, 0.717) is 6.04 Å². The molecule has 1 aliphatic carbocycles. The van der Waals surface area contributed by atoms with Gasteiger partial charge in [-0.2, -0.15) is 0 Å². The first-order chi connectivity index (χ1) is 9.60. The minimum atomic E-state index is -0.531. The predicted octanol–water partition coefficient (Wildman–Crippen LogP) is 0.778. The summed E-state index contributed by atoms with van der Waals surface area (Å²) in [4.78, 5) is 20.7. The van der Waals surface area contributed by atoms with Crippen molar-refractivity contribution < 1.29 is 4.79 Å². The van der Waals surface area contributed by atoms with E-state index < -0.39 is 5.54 Å². The average Bonchev–Trinajstić information content (AvgIpc) is 3.26. The van der Waals surface area contributed by atoms with Crippen molar-refractivity contribution in [3.8, 4) is 0 Å². The number of piperazine rings is 1. The Morgan fingerprint density at radius 2 is 2.05 bits per heavy atom. The second-order valence-electron chi connectivity index (χ2n) is 5.95. The zero-order chi connectivity index (χ0) is 14.2. The molecule has 1 saturated heterocycles. The Hall–Kier alpha value is -1.46. The van der Waals surface area contributed by atoms with Crippen LogP contribution >= 0.6 is 0 Å². The van der Waals surface area contributed by atoms with Crippen LogP contribution in [0.3, 0.4) is 0 Å². The van der Waals surface area contributed by atoms with Gasteiger partial charge in [0.05, 0.1) is 5.54 Å². The van der Waals surface area contributed by atoms with E-state index in [0.717, 1.165) is 39.0 Å². The van der Waals surface area contributed by atoms with Crippen molar-refractivity contribution in [2.45, 2.75) is 31.3 Å². The molecule has 1 unspecified atom stereocenters. The molecule has 5 heteroatoms. The summed E-state index contributed by atoms with van der Waals surface area (Å²) in [5.41, 5.74) is 6.69. The lowest BCUT2D eigenvalue weighted by Gasteiger charge is -2.39. The van der Waals surface area contributed by atoms with Crippen LogP contribution in [0.15, 0.2) is 24.5 Å². The second-order valence-corrected chi connectivity index (χ2v) is 5.95. The summed E-state index contributed by atoms with van der Waals surface area (Å²) in [6, 6.07) is 4.42. The Labute approximate surface area is 119 Å². The van der Waals surface area contributed by atoms with Crippen molar-refractivity contribution in [2.24, 2.45) is 5.73 Å². The number of pyridine rings is 1. The van der Waals surface area contributed by atoms with Crippen molar-refractivity contribution in [3.05, 3.63) is 30.1 Å². The number of nitrogens with two attached hydrogens (primary N) is 1. The number of rotatable bonds is 3. The molecule has 1 aliphatic heterocycles. The molecule has 1 saturated carbocycles. The number of hydrogen-bond acceptors (Lipinski definition) is 4. The van der Waals surface area contributed by atoms with Gasteiger partial charge in [-0.05, 0) is 31.4 Å². The first-order valence-corrected chi connectivity index (χ1v) is 7.32. The maximum Gasteiger partial charge on any atom is 0.242 e. The summed E-state index contributed by atoms with van der Waals surface area (Å²) in [7, 11) is 0. The van der Waals surface area contributed by atoms with Crippen molar-refractivity contribution in [3.63, 3.8) is 0 Å². The SMILES string of the molecule is CC(c1cccnc1)N1CCN(C(=O)C2(N)CC2)CC1. The van der Waals surface area contributed by atoms with Crippen LogP contribution < -0.4 is 5.73 Å². The molecule has 1 aromatic rings. The molecule has 2 fully saturated rings. The fourth-order valence-electron chi connectivity index (χ4n) is 2.81. The third-order valence-electron chi connectivity index (χ3n) is 4.53. The van der Waals surface area contributed by atoms with E-state index >= 15 is 0 Å². The summed E-state index contributed by atoms with van der Waals surface area (Å²) in [6.45, 7) is 5.56. The van der Waals surface area contributed by atoms with Crippen LogP contribution in [0, 0.1) is 0 Å². The van der Waals surface area contributed by atoms with E-state index in [1.165, 1.54) is 5.56 Å². The van der Waals surface area contributed by atoms with Crippen LogP contribution in [-0.4, -0.2) is 52.4 Å². The fraction of sp³-hybridized carbons (Fsp3) is 0.600. The molecule has 20 heavy (non-hydrogen) atoms. The molecule has 1 atom stereocenters. The second kappa shape index (κ2) is 5.14. The summed E-state index contributed by atoms with van der Waals surface area (Å²) in [6.07, 6.45) is 5.40. The van der Waals surface area contributed by atoms with Crippen molar-refractivity contribution in [1.29, 1.82) is 0 Å². The van der Waals surface area contributed by atoms with Gasteiger partial charge in [0.1, 0.15) is 0 Å². The van der Waals surface area contributed by atoms with Gasteiger partial charge >= 0.3 is 0 Å². The zero-order valence-electron chi connectivity index (χ0n) is 12.0. The number of carbonyl (C=O) groups is 1. The molecule has 2 heterocycles. The van der Waals surface area contributed by atoms with E-state index in [9.17, 15) is 4.79 Å². The van der Waals surface area contributed by atoms with Crippen LogP contribution in [0.1, 0.15) is 31.4 Å². The minimum Gasteiger partial charge on any atom is -0.339 e. The van der Waals surface area contributed by atoms with Crippen LogP contribution in [0.25, 0.3) is 0 Å². The number of nitrogens with zero attached hydrogens (tertiary/aromatic N) is 3. The Balaban J connectivity index is 1.57. The highest BCUT2D eigenvalue weighted by Gasteiger charge is 2.48. The number of amides is 1. The summed E-state index contributed by atoms with van der Waals surface area (Å²) < 4.78 is 0. The normalized spacial score (nSPS) is 23.4. The highest BCUT2D eigenvalue weighted by molar-refractivity contribution is 5.89.